The minimum absolute atomic E-state index is 0.381. The third-order valence-electron chi connectivity index (χ3n) is 11.9. The molecule has 7 aromatic carbocycles. The number of para-hydroxylation sites is 3. The van der Waals surface area contributed by atoms with Gasteiger partial charge in [-0.15, -0.1) is 0 Å². The van der Waals surface area contributed by atoms with Crippen LogP contribution >= 0.6 is 0 Å². The third-order valence-corrected chi connectivity index (χ3v) is 16.7. The number of fused-ring (bicyclic) bond motifs is 4. The second kappa shape index (κ2) is 14.1. The van der Waals surface area contributed by atoms with Crippen LogP contribution in [0.5, 0.6) is 0 Å². The summed E-state index contributed by atoms with van der Waals surface area (Å²) in [6.07, 6.45) is 1.96. The first kappa shape index (κ1) is 34.8. The van der Waals surface area contributed by atoms with Crippen LogP contribution in [0.15, 0.2) is 194 Å². The number of pyridine rings is 1. The van der Waals surface area contributed by atoms with E-state index in [1.807, 2.05) is 6.20 Å². The van der Waals surface area contributed by atoms with Gasteiger partial charge in [0.15, 0.2) is 8.07 Å². The zero-order chi connectivity index (χ0) is 38.5. The molecular formula is C52H44N4Si. The smallest absolute Gasteiger partial charge is 0.179 e. The van der Waals surface area contributed by atoms with Gasteiger partial charge < -0.3 is 9.80 Å². The zero-order valence-electron chi connectivity index (χ0n) is 32.5. The molecule has 1 aliphatic rings. The molecule has 0 N–H and O–H groups in total. The monoisotopic (exact) mass is 752 g/mol. The molecule has 1 aliphatic heterocycles. The molecule has 0 unspecified atom stereocenters. The fraction of sp³-hybridized carbons (Fsp3) is 0.0962. The molecule has 4 nitrogen and oxygen atoms in total. The van der Waals surface area contributed by atoms with Crippen molar-refractivity contribution >= 4 is 67.7 Å². The first-order valence-electron chi connectivity index (χ1n) is 19.9. The van der Waals surface area contributed by atoms with E-state index in [2.05, 4.69) is 223 Å². The van der Waals surface area contributed by atoms with Gasteiger partial charge in [0.1, 0.15) is 5.82 Å². The molecule has 0 amide bonds. The van der Waals surface area contributed by atoms with Gasteiger partial charge in [-0.25, -0.2) is 4.98 Å². The second-order valence-electron chi connectivity index (χ2n) is 15.5. The van der Waals surface area contributed by atoms with Crippen LogP contribution in [0.3, 0.4) is 0 Å². The number of benzene rings is 7. The van der Waals surface area contributed by atoms with Gasteiger partial charge in [0.25, 0.3) is 0 Å². The molecule has 0 spiro atoms. The molecule has 5 heteroatoms. The molecule has 0 radical (unpaired) electrons. The molecule has 0 atom stereocenters. The molecular weight excluding hydrogens is 709 g/mol. The summed E-state index contributed by atoms with van der Waals surface area (Å²) >= 11 is 0. The van der Waals surface area contributed by atoms with E-state index < -0.39 is 8.07 Å². The Kier molecular flexibility index (Phi) is 8.61. The van der Waals surface area contributed by atoms with Crippen LogP contribution in [0.25, 0.3) is 38.8 Å². The summed E-state index contributed by atoms with van der Waals surface area (Å²) in [5.41, 5.74) is 9.68. The molecule has 2 aromatic heterocycles. The number of hydrogen-bond donors (Lipinski definition) is 0. The maximum absolute atomic E-state index is 5.06. The molecule has 3 heterocycles. The Morgan fingerprint density at radius 3 is 1.91 bits per heavy atom. The van der Waals surface area contributed by atoms with Crippen molar-refractivity contribution < 1.29 is 0 Å². The summed E-state index contributed by atoms with van der Waals surface area (Å²) in [5.74, 6) is 0.912. The van der Waals surface area contributed by atoms with Gasteiger partial charge in [0.2, 0.25) is 0 Å². The van der Waals surface area contributed by atoms with E-state index in [0.717, 1.165) is 29.1 Å². The molecule has 0 fully saturated rings. The molecule has 0 saturated heterocycles. The Balaban J connectivity index is 1.24. The lowest BCUT2D eigenvalue weighted by Crippen LogP contribution is -2.74. The van der Waals surface area contributed by atoms with Gasteiger partial charge in [-0.2, -0.15) is 0 Å². The van der Waals surface area contributed by atoms with E-state index in [1.54, 1.807) is 0 Å². The van der Waals surface area contributed by atoms with Crippen LogP contribution in [0.4, 0.5) is 17.1 Å². The van der Waals surface area contributed by atoms with Crippen molar-refractivity contribution in [2.45, 2.75) is 26.8 Å². The lowest BCUT2D eigenvalue weighted by molar-refractivity contribution is 0.709. The summed E-state index contributed by atoms with van der Waals surface area (Å²) in [4.78, 5) is 10.0. The summed E-state index contributed by atoms with van der Waals surface area (Å²) in [5, 5.41) is 7.81. The van der Waals surface area contributed by atoms with Gasteiger partial charge in [-0.3, -0.25) is 4.57 Å². The molecule has 0 bridgehead atoms. The fourth-order valence-corrected chi connectivity index (χ4v) is 14.0. The second-order valence-corrected chi connectivity index (χ2v) is 19.3. The minimum atomic E-state index is -2.95. The van der Waals surface area contributed by atoms with Crippen LogP contribution in [-0.2, 0) is 0 Å². The van der Waals surface area contributed by atoms with Crippen molar-refractivity contribution in [3.8, 4) is 16.9 Å². The molecule has 0 saturated carbocycles. The standard InChI is InChI=1S/C52H44N4Si/c1-37(2)54-36-55(50-28-15-14-27-49(50)54)40-18-16-23-43(34-40)57(41-19-6-4-7-20-41,42-21-8-5-9-22-42)44-29-30-47-46-25-12-13-26-48(46)56(51(47)35-44)52-33-39(31-32-53-52)45-24-11-10-17-38(45)3/h4-35,37H,36H2,1-3H3. The van der Waals surface area contributed by atoms with E-state index in [4.69, 9.17) is 4.98 Å². The van der Waals surface area contributed by atoms with Gasteiger partial charge in [0, 0.05) is 28.7 Å². The lowest BCUT2D eigenvalue weighted by atomic mass is 10.0. The average molecular weight is 753 g/mol. The van der Waals surface area contributed by atoms with Crippen LogP contribution in [0.2, 0.25) is 0 Å². The SMILES string of the molecule is Cc1ccccc1-c1ccnc(-n2c3ccccc3c3ccc([Si](c4ccccc4)(c4ccccc4)c4cccc(N5CN(C(C)C)c6ccccc65)c4)cc32)c1. The Bertz CT molecular complexity index is 2860. The highest BCUT2D eigenvalue weighted by Gasteiger charge is 2.42. The third kappa shape index (κ3) is 5.69. The number of rotatable bonds is 8. The Morgan fingerprint density at radius 1 is 0.526 bits per heavy atom. The normalized spacial score (nSPS) is 12.8. The maximum Gasteiger partial charge on any atom is 0.179 e. The van der Waals surface area contributed by atoms with Crippen LogP contribution in [0, 0.1) is 6.92 Å². The van der Waals surface area contributed by atoms with Gasteiger partial charge >= 0.3 is 0 Å². The first-order chi connectivity index (χ1) is 28.0. The van der Waals surface area contributed by atoms with Gasteiger partial charge in [-0.1, -0.05) is 140 Å². The lowest BCUT2D eigenvalue weighted by Gasteiger charge is -2.35. The van der Waals surface area contributed by atoms with E-state index in [-0.39, 0.29) is 0 Å². The number of nitrogens with zero attached hydrogens (tertiary/aromatic N) is 4. The predicted octanol–water partition coefficient (Wildman–Crippen LogP) is 9.86. The zero-order valence-corrected chi connectivity index (χ0v) is 33.5. The molecule has 0 aliphatic carbocycles. The summed E-state index contributed by atoms with van der Waals surface area (Å²) in [6.45, 7) is 7.55. The topological polar surface area (TPSA) is 24.3 Å². The number of hydrogen-bond acceptors (Lipinski definition) is 3. The molecule has 9 aromatic rings. The summed E-state index contributed by atoms with van der Waals surface area (Å²) in [7, 11) is -2.95. The first-order valence-corrected chi connectivity index (χ1v) is 21.9. The van der Waals surface area contributed by atoms with Crippen LogP contribution in [0.1, 0.15) is 19.4 Å². The molecule has 276 valence electrons. The number of aromatic nitrogens is 2. The van der Waals surface area contributed by atoms with Crippen molar-refractivity contribution in [2.75, 3.05) is 16.5 Å². The number of aryl methyl sites for hydroxylation is 1. The highest BCUT2D eigenvalue weighted by Crippen LogP contribution is 2.41. The van der Waals surface area contributed by atoms with Gasteiger partial charge in [-0.05, 0) is 107 Å². The molecule has 10 rings (SSSR count). The summed E-state index contributed by atoms with van der Waals surface area (Å²) in [6, 6.07) is 70.1. The van der Waals surface area contributed by atoms with Crippen LogP contribution in [-0.4, -0.2) is 30.3 Å². The fourth-order valence-electron chi connectivity index (χ4n) is 9.24. The largest absolute Gasteiger partial charge is 0.349 e. The minimum Gasteiger partial charge on any atom is -0.349 e. The molecule has 57 heavy (non-hydrogen) atoms. The predicted molar refractivity (Wildman–Crippen MR) is 243 cm³/mol. The highest BCUT2D eigenvalue weighted by molar-refractivity contribution is 7.20. The summed E-state index contributed by atoms with van der Waals surface area (Å²) < 4.78 is 2.38. The van der Waals surface area contributed by atoms with E-state index in [0.29, 0.717) is 6.04 Å². The van der Waals surface area contributed by atoms with E-state index in [9.17, 15) is 0 Å². The Morgan fingerprint density at radius 2 is 1.16 bits per heavy atom. The van der Waals surface area contributed by atoms with Gasteiger partial charge in [0.05, 0.1) is 29.1 Å². The van der Waals surface area contributed by atoms with E-state index >= 15 is 0 Å². The average Bonchev–Trinajstić information content (AvgIpc) is 3.82. The maximum atomic E-state index is 5.06. The van der Waals surface area contributed by atoms with Crippen molar-refractivity contribution in [1.82, 2.24) is 9.55 Å². The number of anilines is 3. The quantitative estimate of drug-likeness (QED) is 0.114. The van der Waals surface area contributed by atoms with Crippen molar-refractivity contribution in [2.24, 2.45) is 0 Å². The van der Waals surface area contributed by atoms with Crippen molar-refractivity contribution in [3.63, 3.8) is 0 Å². The highest BCUT2D eigenvalue weighted by atomic mass is 28.3. The van der Waals surface area contributed by atoms with Crippen LogP contribution < -0.4 is 30.5 Å². The Hall–Kier alpha value is -6.69. The van der Waals surface area contributed by atoms with E-state index in [1.165, 1.54) is 59.7 Å². The Labute approximate surface area is 335 Å². The van der Waals surface area contributed by atoms with Crippen molar-refractivity contribution in [3.05, 3.63) is 200 Å². The van der Waals surface area contributed by atoms with Crippen molar-refractivity contribution in [1.29, 1.82) is 0 Å².